The fourth-order valence-electron chi connectivity index (χ4n) is 1.15. The minimum atomic E-state index is -0.102. The first kappa shape index (κ1) is 10.3. The van der Waals surface area contributed by atoms with Crippen molar-refractivity contribution in [3.8, 4) is 10.6 Å². The Morgan fingerprint density at radius 3 is 3.07 bits per heavy atom. The molecule has 0 spiro atoms. The zero-order chi connectivity index (χ0) is 10.7. The highest BCUT2D eigenvalue weighted by atomic mass is 32.1. The summed E-state index contributed by atoms with van der Waals surface area (Å²) in [6.07, 6.45) is 0. The normalized spacial score (nSPS) is 10.2. The molecule has 0 bridgehead atoms. The third kappa shape index (κ3) is 2.24. The number of rotatable bonds is 3. The van der Waals surface area contributed by atoms with Gasteiger partial charge in [0.25, 0.3) is 5.91 Å². The molecular weight excluding hydrogens is 228 g/mol. The van der Waals surface area contributed by atoms with Crippen LogP contribution in [0.5, 0.6) is 0 Å². The van der Waals surface area contributed by atoms with E-state index in [4.69, 9.17) is 0 Å². The Labute approximate surface area is 95.8 Å². The number of carbonyl (C=O) groups excluding carboxylic acids is 1. The number of aromatic nitrogens is 1. The van der Waals surface area contributed by atoms with Crippen molar-refractivity contribution >= 4 is 28.6 Å². The molecule has 0 aliphatic heterocycles. The average Bonchev–Trinajstić information content (AvgIpc) is 2.89. The van der Waals surface area contributed by atoms with Crippen LogP contribution in [0.25, 0.3) is 10.6 Å². The minimum Gasteiger partial charge on any atom is -0.351 e. The first-order chi connectivity index (χ1) is 7.31. The van der Waals surface area contributed by atoms with E-state index in [9.17, 15) is 4.79 Å². The van der Waals surface area contributed by atoms with Gasteiger partial charge in [0.2, 0.25) is 0 Å². The average molecular weight is 238 g/mol. The van der Waals surface area contributed by atoms with Crippen LogP contribution in [-0.2, 0) is 0 Å². The molecule has 5 heteroatoms. The second-order valence-corrected chi connectivity index (χ2v) is 4.55. The number of hydrogen-bond donors (Lipinski definition) is 1. The number of carbonyl (C=O) groups is 1. The van der Waals surface area contributed by atoms with Crippen LogP contribution in [-0.4, -0.2) is 17.4 Å². The molecule has 1 N–H and O–H groups in total. The number of nitrogens with one attached hydrogen (secondary N) is 1. The van der Waals surface area contributed by atoms with E-state index in [0.717, 1.165) is 10.6 Å². The summed E-state index contributed by atoms with van der Waals surface area (Å²) in [7, 11) is 0. The Morgan fingerprint density at radius 1 is 1.53 bits per heavy atom. The Morgan fingerprint density at radius 2 is 2.40 bits per heavy atom. The first-order valence-corrected chi connectivity index (χ1v) is 6.40. The summed E-state index contributed by atoms with van der Waals surface area (Å²) < 4.78 is 0. The maximum Gasteiger partial charge on any atom is 0.270 e. The van der Waals surface area contributed by atoms with Gasteiger partial charge in [-0.2, -0.15) is 11.3 Å². The molecule has 0 fully saturated rings. The van der Waals surface area contributed by atoms with E-state index in [-0.39, 0.29) is 5.91 Å². The monoisotopic (exact) mass is 238 g/mol. The molecule has 0 saturated carbocycles. The SMILES string of the molecule is CCNC(=O)c1csc(-c2ccsc2)n1. The van der Waals surface area contributed by atoms with E-state index >= 15 is 0 Å². The quantitative estimate of drug-likeness (QED) is 0.893. The van der Waals surface area contributed by atoms with Crippen molar-refractivity contribution < 1.29 is 4.79 Å². The van der Waals surface area contributed by atoms with Crippen LogP contribution in [0, 0.1) is 0 Å². The number of amides is 1. The molecule has 2 aromatic heterocycles. The van der Waals surface area contributed by atoms with Crippen molar-refractivity contribution in [1.29, 1.82) is 0 Å². The second-order valence-electron chi connectivity index (χ2n) is 2.91. The highest BCUT2D eigenvalue weighted by molar-refractivity contribution is 7.14. The summed E-state index contributed by atoms with van der Waals surface area (Å²) in [5, 5.41) is 9.45. The predicted octanol–water partition coefficient (Wildman–Crippen LogP) is 2.62. The van der Waals surface area contributed by atoms with Crippen molar-refractivity contribution in [2.24, 2.45) is 0 Å². The van der Waals surface area contributed by atoms with Crippen molar-refractivity contribution in [3.05, 3.63) is 27.9 Å². The predicted molar refractivity (Wildman–Crippen MR) is 63.4 cm³/mol. The molecule has 0 aromatic carbocycles. The molecule has 0 unspecified atom stereocenters. The molecule has 78 valence electrons. The Hall–Kier alpha value is -1.20. The lowest BCUT2D eigenvalue weighted by atomic mass is 10.3. The molecule has 0 aliphatic carbocycles. The number of nitrogens with zero attached hydrogens (tertiary/aromatic N) is 1. The molecule has 1 amide bonds. The van der Waals surface area contributed by atoms with E-state index in [2.05, 4.69) is 10.3 Å². The van der Waals surface area contributed by atoms with E-state index in [1.54, 1.807) is 16.7 Å². The lowest BCUT2D eigenvalue weighted by molar-refractivity contribution is 0.0951. The molecule has 2 heterocycles. The lowest BCUT2D eigenvalue weighted by Gasteiger charge is -1.96. The van der Waals surface area contributed by atoms with E-state index in [1.165, 1.54) is 11.3 Å². The maximum atomic E-state index is 11.5. The topological polar surface area (TPSA) is 42.0 Å². The molecule has 0 aliphatic rings. The fourth-order valence-corrected chi connectivity index (χ4v) is 2.66. The lowest BCUT2D eigenvalue weighted by Crippen LogP contribution is -2.22. The van der Waals surface area contributed by atoms with E-state index < -0.39 is 0 Å². The summed E-state index contributed by atoms with van der Waals surface area (Å²) in [4.78, 5) is 15.7. The molecule has 0 atom stereocenters. The summed E-state index contributed by atoms with van der Waals surface area (Å²) in [6, 6.07) is 2.00. The highest BCUT2D eigenvalue weighted by Crippen LogP contribution is 2.25. The number of hydrogen-bond acceptors (Lipinski definition) is 4. The smallest absolute Gasteiger partial charge is 0.270 e. The van der Waals surface area contributed by atoms with Gasteiger partial charge in [-0.05, 0) is 18.4 Å². The molecule has 0 radical (unpaired) electrons. The standard InChI is InChI=1S/C10H10N2OS2/c1-2-11-9(13)8-6-15-10(12-8)7-3-4-14-5-7/h3-6H,2H2,1H3,(H,11,13). The molecule has 15 heavy (non-hydrogen) atoms. The number of thiophene rings is 1. The van der Waals surface area contributed by atoms with E-state index in [1.807, 2.05) is 23.8 Å². The fraction of sp³-hybridized carbons (Fsp3) is 0.200. The Kier molecular flexibility index (Phi) is 3.13. The van der Waals surface area contributed by atoms with Crippen LogP contribution >= 0.6 is 22.7 Å². The van der Waals surface area contributed by atoms with Crippen LogP contribution < -0.4 is 5.32 Å². The van der Waals surface area contributed by atoms with Gasteiger partial charge < -0.3 is 5.32 Å². The van der Waals surface area contributed by atoms with Gasteiger partial charge >= 0.3 is 0 Å². The molecule has 2 aromatic rings. The van der Waals surface area contributed by atoms with Crippen LogP contribution in [0.3, 0.4) is 0 Å². The van der Waals surface area contributed by atoms with Crippen molar-refractivity contribution in [2.75, 3.05) is 6.54 Å². The molecule has 0 saturated heterocycles. The molecule has 2 rings (SSSR count). The van der Waals surface area contributed by atoms with Gasteiger partial charge in [0.15, 0.2) is 0 Å². The van der Waals surface area contributed by atoms with Gasteiger partial charge in [-0.15, -0.1) is 11.3 Å². The Bertz CT molecular complexity index is 448. The van der Waals surface area contributed by atoms with Gasteiger partial charge in [-0.25, -0.2) is 4.98 Å². The number of thiazole rings is 1. The van der Waals surface area contributed by atoms with Gasteiger partial charge in [-0.3, -0.25) is 4.79 Å². The van der Waals surface area contributed by atoms with Gasteiger partial charge in [0.1, 0.15) is 10.7 Å². The van der Waals surface area contributed by atoms with Crippen LogP contribution in [0.15, 0.2) is 22.2 Å². The minimum absolute atomic E-state index is 0.102. The molecule has 3 nitrogen and oxygen atoms in total. The van der Waals surface area contributed by atoms with E-state index in [0.29, 0.717) is 12.2 Å². The highest BCUT2D eigenvalue weighted by Gasteiger charge is 2.10. The van der Waals surface area contributed by atoms with Crippen molar-refractivity contribution in [3.63, 3.8) is 0 Å². The third-order valence-corrected chi connectivity index (χ3v) is 3.42. The van der Waals surface area contributed by atoms with Gasteiger partial charge in [-0.1, -0.05) is 0 Å². The largest absolute Gasteiger partial charge is 0.351 e. The van der Waals surface area contributed by atoms with Crippen LogP contribution in [0.1, 0.15) is 17.4 Å². The summed E-state index contributed by atoms with van der Waals surface area (Å²) >= 11 is 3.12. The maximum absolute atomic E-state index is 11.5. The van der Waals surface area contributed by atoms with Gasteiger partial charge in [0.05, 0.1) is 0 Å². The summed E-state index contributed by atoms with van der Waals surface area (Å²) in [6.45, 7) is 2.52. The zero-order valence-corrected chi connectivity index (χ0v) is 9.82. The zero-order valence-electron chi connectivity index (χ0n) is 8.19. The second kappa shape index (κ2) is 4.55. The Balaban J connectivity index is 2.21. The summed E-state index contributed by atoms with van der Waals surface area (Å²) in [5.41, 5.74) is 1.59. The molecular formula is C10H10N2OS2. The van der Waals surface area contributed by atoms with Crippen molar-refractivity contribution in [1.82, 2.24) is 10.3 Å². The first-order valence-electron chi connectivity index (χ1n) is 4.57. The van der Waals surface area contributed by atoms with Gasteiger partial charge in [0, 0.05) is 22.9 Å². The van der Waals surface area contributed by atoms with Crippen LogP contribution in [0.2, 0.25) is 0 Å². The third-order valence-electron chi connectivity index (χ3n) is 1.84. The van der Waals surface area contributed by atoms with Crippen molar-refractivity contribution in [2.45, 2.75) is 6.92 Å². The van der Waals surface area contributed by atoms with Crippen LogP contribution in [0.4, 0.5) is 0 Å². The summed E-state index contributed by atoms with van der Waals surface area (Å²) in [5.74, 6) is -0.102.